The normalized spacial score (nSPS) is 12.4. The van der Waals surface area contributed by atoms with Crippen LogP contribution in [0.3, 0.4) is 0 Å². The van der Waals surface area contributed by atoms with Gasteiger partial charge in [-0.15, -0.1) is 0 Å². The highest BCUT2D eigenvalue weighted by Crippen LogP contribution is 2.24. The first-order chi connectivity index (χ1) is 8.78. The van der Waals surface area contributed by atoms with Crippen molar-refractivity contribution in [2.45, 2.75) is 19.5 Å². The van der Waals surface area contributed by atoms with Crippen molar-refractivity contribution in [2.75, 3.05) is 14.2 Å². The zero-order valence-electron chi connectivity index (χ0n) is 11.1. The largest absolute Gasteiger partial charge is 0.497 e. The van der Waals surface area contributed by atoms with Gasteiger partial charge in [-0.25, -0.2) is 0 Å². The van der Waals surface area contributed by atoms with E-state index in [4.69, 9.17) is 4.74 Å². The van der Waals surface area contributed by atoms with Crippen molar-refractivity contribution in [3.8, 4) is 5.75 Å². The molecule has 0 saturated heterocycles. The molecule has 1 heterocycles. The van der Waals surface area contributed by atoms with Crippen LogP contribution < -0.4 is 10.1 Å². The Balaban J connectivity index is 2.32. The minimum absolute atomic E-state index is 0.139. The average molecular weight is 245 g/mol. The maximum absolute atomic E-state index is 5.26. The van der Waals surface area contributed by atoms with Crippen LogP contribution in [0.2, 0.25) is 0 Å². The van der Waals surface area contributed by atoms with Gasteiger partial charge in [0.1, 0.15) is 5.75 Å². The van der Waals surface area contributed by atoms with E-state index < -0.39 is 0 Å². The second-order valence-electron chi connectivity index (χ2n) is 4.13. The number of methoxy groups -OCH3 is 1. The Bertz CT molecular complexity index is 507. The van der Waals surface area contributed by atoms with Crippen LogP contribution in [0, 0.1) is 0 Å². The minimum Gasteiger partial charge on any atom is -0.497 e. The molecule has 0 bridgehead atoms. The lowest BCUT2D eigenvalue weighted by atomic mass is 10.0. The standard InChI is InChI=1S/C14H19N3O/c1-4-17-10-12(9-16-17)14(15-2)11-6-5-7-13(8-11)18-3/h5-10,14-15H,4H2,1-3H3. The summed E-state index contributed by atoms with van der Waals surface area (Å²) in [4.78, 5) is 0. The van der Waals surface area contributed by atoms with E-state index in [1.807, 2.05) is 36.1 Å². The Labute approximate surface area is 108 Å². The van der Waals surface area contributed by atoms with Gasteiger partial charge in [0.2, 0.25) is 0 Å². The van der Waals surface area contributed by atoms with Gasteiger partial charge in [-0.2, -0.15) is 5.10 Å². The van der Waals surface area contributed by atoms with Crippen LogP contribution in [0.4, 0.5) is 0 Å². The van der Waals surface area contributed by atoms with E-state index in [-0.39, 0.29) is 6.04 Å². The molecule has 18 heavy (non-hydrogen) atoms. The summed E-state index contributed by atoms with van der Waals surface area (Å²) >= 11 is 0. The summed E-state index contributed by atoms with van der Waals surface area (Å²) in [5.41, 5.74) is 2.33. The van der Waals surface area contributed by atoms with E-state index in [0.29, 0.717) is 0 Å². The Morgan fingerprint density at radius 1 is 1.39 bits per heavy atom. The van der Waals surface area contributed by atoms with Gasteiger partial charge in [-0.1, -0.05) is 12.1 Å². The third-order valence-electron chi connectivity index (χ3n) is 3.03. The third-order valence-corrected chi connectivity index (χ3v) is 3.03. The molecule has 4 nitrogen and oxygen atoms in total. The number of aryl methyl sites for hydroxylation is 1. The van der Waals surface area contributed by atoms with Crippen LogP contribution in [-0.4, -0.2) is 23.9 Å². The fourth-order valence-corrected chi connectivity index (χ4v) is 2.05. The van der Waals surface area contributed by atoms with Crippen molar-refractivity contribution >= 4 is 0 Å². The van der Waals surface area contributed by atoms with E-state index in [1.54, 1.807) is 7.11 Å². The lowest BCUT2D eigenvalue weighted by Crippen LogP contribution is -2.17. The monoisotopic (exact) mass is 245 g/mol. The quantitative estimate of drug-likeness (QED) is 0.878. The van der Waals surface area contributed by atoms with Gasteiger partial charge in [0.15, 0.2) is 0 Å². The highest BCUT2D eigenvalue weighted by atomic mass is 16.5. The molecular weight excluding hydrogens is 226 g/mol. The van der Waals surface area contributed by atoms with Gasteiger partial charge in [-0.3, -0.25) is 4.68 Å². The molecular formula is C14H19N3O. The van der Waals surface area contributed by atoms with Crippen LogP contribution in [0.25, 0.3) is 0 Å². The fraction of sp³-hybridized carbons (Fsp3) is 0.357. The summed E-state index contributed by atoms with van der Waals surface area (Å²) in [7, 11) is 3.63. The molecule has 1 aromatic heterocycles. The summed E-state index contributed by atoms with van der Waals surface area (Å²) in [6.07, 6.45) is 3.98. The summed E-state index contributed by atoms with van der Waals surface area (Å²) in [5, 5.41) is 7.63. The maximum atomic E-state index is 5.26. The van der Waals surface area contributed by atoms with Crippen molar-refractivity contribution in [1.82, 2.24) is 15.1 Å². The van der Waals surface area contributed by atoms with Crippen molar-refractivity contribution in [3.05, 3.63) is 47.8 Å². The number of benzene rings is 1. The predicted octanol–water partition coefficient (Wildman–Crippen LogP) is 2.22. The van der Waals surface area contributed by atoms with Gasteiger partial charge >= 0.3 is 0 Å². The first-order valence-electron chi connectivity index (χ1n) is 6.12. The number of rotatable bonds is 5. The van der Waals surface area contributed by atoms with Crippen LogP contribution in [0.5, 0.6) is 5.75 Å². The number of aromatic nitrogens is 2. The maximum Gasteiger partial charge on any atom is 0.119 e. The molecule has 2 aromatic rings. The Hall–Kier alpha value is -1.81. The Morgan fingerprint density at radius 3 is 2.83 bits per heavy atom. The van der Waals surface area contributed by atoms with Crippen LogP contribution in [-0.2, 0) is 6.54 Å². The smallest absolute Gasteiger partial charge is 0.119 e. The molecule has 0 spiro atoms. The first kappa shape index (κ1) is 12.6. The summed E-state index contributed by atoms with van der Waals surface area (Å²) < 4.78 is 7.19. The van der Waals surface area contributed by atoms with Gasteiger partial charge in [0, 0.05) is 18.3 Å². The van der Waals surface area contributed by atoms with E-state index in [0.717, 1.165) is 17.9 Å². The van der Waals surface area contributed by atoms with Crippen molar-refractivity contribution in [2.24, 2.45) is 0 Å². The van der Waals surface area contributed by atoms with Gasteiger partial charge in [0.05, 0.1) is 19.3 Å². The number of nitrogens with one attached hydrogen (secondary N) is 1. The lowest BCUT2D eigenvalue weighted by molar-refractivity contribution is 0.414. The lowest BCUT2D eigenvalue weighted by Gasteiger charge is -2.15. The van der Waals surface area contributed by atoms with Crippen LogP contribution >= 0.6 is 0 Å². The molecule has 0 aliphatic heterocycles. The molecule has 0 fully saturated rings. The second-order valence-corrected chi connectivity index (χ2v) is 4.13. The molecule has 2 rings (SSSR count). The van der Waals surface area contributed by atoms with Crippen molar-refractivity contribution in [1.29, 1.82) is 0 Å². The van der Waals surface area contributed by atoms with Crippen molar-refractivity contribution < 1.29 is 4.74 Å². The zero-order chi connectivity index (χ0) is 13.0. The molecule has 0 aliphatic carbocycles. The summed E-state index contributed by atoms with van der Waals surface area (Å²) in [6.45, 7) is 2.96. The summed E-state index contributed by atoms with van der Waals surface area (Å²) in [5.74, 6) is 0.871. The van der Waals surface area contributed by atoms with Gasteiger partial charge in [-0.05, 0) is 31.7 Å². The van der Waals surface area contributed by atoms with Gasteiger partial charge in [0.25, 0.3) is 0 Å². The Morgan fingerprint density at radius 2 is 2.22 bits per heavy atom. The van der Waals surface area contributed by atoms with E-state index in [2.05, 4.69) is 29.6 Å². The number of ether oxygens (including phenoxy) is 1. The molecule has 0 saturated carbocycles. The molecule has 4 heteroatoms. The fourth-order valence-electron chi connectivity index (χ4n) is 2.05. The molecule has 1 unspecified atom stereocenters. The molecule has 1 aromatic carbocycles. The van der Waals surface area contributed by atoms with E-state index in [9.17, 15) is 0 Å². The van der Waals surface area contributed by atoms with E-state index in [1.165, 1.54) is 5.56 Å². The molecule has 0 radical (unpaired) electrons. The number of hydrogen-bond acceptors (Lipinski definition) is 3. The summed E-state index contributed by atoms with van der Waals surface area (Å²) in [6, 6.07) is 8.23. The number of nitrogens with zero attached hydrogens (tertiary/aromatic N) is 2. The minimum atomic E-state index is 0.139. The second kappa shape index (κ2) is 5.69. The molecule has 1 atom stereocenters. The zero-order valence-corrected chi connectivity index (χ0v) is 11.1. The predicted molar refractivity (Wildman–Crippen MR) is 71.8 cm³/mol. The van der Waals surface area contributed by atoms with Crippen molar-refractivity contribution in [3.63, 3.8) is 0 Å². The Kier molecular flexibility index (Phi) is 3.99. The highest BCUT2D eigenvalue weighted by Gasteiger charge is 2.14. The topological polar surface area (TPSA) is 39.1 Å². The van der Waals surface area contributed by atoms with Crippen LogP contribution in [0.1, 0.15) is 24.1 Å². The molecule has 1 N–H and O–H groups in total. The third kappa shape index (κ3) is 2.54. The molecule has 96 valence electrons. The average Bonchev–Trinajstić information content (AvgIpc) is 2.88. The molecule has 0 aliphatic rings. The highest BCUT2D eigenvalue weighted by molar-refractivity contribution is 5.35. The van der Waals surface area contributed by atoms with Crippen LogP contribution in [0.15, 0.2) is 36.7 Å². The van der Waals surface area contributed by atoms with E-state index >= 15 is 0 Å². The van der Waals surface area contributed by atoms with Gasteiger partial charge < -0.3 is 10.1 Å². The SMILES string of the molecule is CCn1cc(C(NC)c2cccc(OC)c2)cn1. The first-order valence-corrected chi connectivity index (χ1v) is 6.12. The molecule has 0 amide bonds. The number of hydrogen-bond donors (Lipinski definition) is 1.